The fraction of sp³-hybridized carbons (Fsp3) is 0.643. The first-order chi connectivity index (χ1) is 8.20. The summed E-state index contributed by atoms with van der Waals surface area (Å²) in [6, 6.07) is 4.96. The van der Waals surface area contributed by atoms with Gasteiger partial charge in [-0.05, 0) is 37.4 Å². The van der Waals surface area contributed by atoms with Crippen molar-refractivity contribution in [3.63, 3.8) is 0 Å². The lowest BCUT2D eigenvalue weighted by Crippen LogP contribution is -2.27. The summed E-state index contributed by atoms with van der Waals surface area (Å²) < 4.78 is 0. The standard InChI is InChI=1S/C14H23N3/c1-4-15-8-13-5-6-14(16-9-13)17-10-11(2)7-12(17)3/h5-6,9,11-12,15H,4,7-8,10H2,1-3H3. The predicted octanol–water partition coefficient (Wildman–Crippen LogP) is 2.43. The summed E-state index contributed by atoms with van der Waals surface area (Å²) in [7, 11) is 0. The zero-order valence-electron chi connectivity index (χ0n) is 11.1. The molecule has 17 heavy (non-hydrogen) atoms. The van der Waals surface area contributed by atoms with Crippen molar-refractivity contribution in [2.75, 3.05) is 18.0 Å². The van der Waals surface area contributed by atoms with Crippen LogP contribution in [0.1, 0.15) is 32.8 Å². The Labute approximate surface area is 104 Å². The highest BCUT2D eigenvalue weighted by atomic mass is 15.2. The Morgan fingerprint density at radius 2 is 2.24 bits per heavy atom. The van der Waals surface area contributed by atoms with Gasteiger partial charge in [0.1, 0.15) is 5.82 Å². The second-order valence-electron chi connectivity index (χ2n) is 5.15. The molecule has 0 amide bonds. The van der Waals surface area contributed by atoms with Crippen LogP contribution in [-0.2, 0) is 6.54 Å². The van der Waals surface area contributed by atoms with Gasteiger partial charge in [-0.3, -0.25) is 0 Å². The highest BCUT2D eigenvalue weighted by Gasteiger charge is 2.26. The zero-order valence-corrected chi connectivity index (χ0v) is 11.1. The maximum Gasteiger partial charge on any atom is 0.128 e. The maximum absolute atomic E-state index is 4.58. The van der Waals surface area contributed by atoms with E-state index < -0.39 is 0 Å². The smallest absolute Gasteiger partial charge is 0.128 e. The SMILES string of the molecule is CCNCc1ccc(N2CC(C)CC2C)nc1. The van der Waals surface area contributed by atoms with Crippen LogP contribution in [-0.4, -0.2) is 24.1 Å². The number of hydrogen-bond acceptors (Lipinski definition) is 3. The van der Waals surface area contributed by atoms with Crippen LogP contribution in [0.5, 0.6) is 0 Å². The molecule has 1 saturated heterocycles. The number of hydrogen-bond donors (Lipinski definition) is 1. The molecule has 2 unspecified atom stereocenters. The van der Waals surface area contributed by atoms with Crippen LogP contribution in [0.2, 0.25) is 0 Å². The molecule has 3 nitrogen and oxygen atoms in total. The van der Waals surface area contributed by atoms with Crippen molar-refractivity contribution >= 4 is 5.82 Å². The van der Waals surface area contributed by atoms with Crippen LogP contribution in [0, 0.1) is 5.92 Å². The second-order valence-corrected chi connectivity index (χ2v) is 5.15. The van der Waals surface area contributed by atoms with Gasteiger partial charge in [-0.1, -0.05) is 19.9 Å². The topological polar surface area (TPSA) is 28.2 Å². The van der Waals surface area contributed by atoms with Gasteiger partial charge in [-0.25, -0.2) is 4.98 Å². The second kappa shape index (κ2) is 5.50. The molecule has 0 spiro atoms. The summed E-state index contributed by atoms with van der Waals surface area (Å²) in [6.07, 6.45) is 3.27. The molecule has 0 saturated carbocycles. The molecule has 2 rings (SSSR count). The van der Waals surface area contributed by atoms with E-state index in [2.05, 4.69) is 48.1 Å². The monoisotopic (exact) mass is 233 g/mol. The number of aromatic nitrogens is 1. The number of pyridine rings is 1. The van der Waals surface area contributed by atoms with Crippen LogP contribution in [0.15, 0.2) is 18.3 Å². The van der Waals surface area contributed by atoms with Gasteiger partial charge in [0, 0.05) is 25.3 Å². The van der Waals surface area contributed by atoms with E-state index in [1.165, 1.54) is 12.0 Å². The summed E-state index contributed by atoms with van der Waals surface area (Å²) in [5, 5.41) is 3.32. The van der Waals surface area contributed by atoms with Crippen molar-refractivity contribution in [2.45, 2.75) is 39.8 Å². The summed E-state index contributed by atoms with van der Waals surface area (Å²) >= 11 is 0. The predicted molar refractivity (Wildman–Crippen MR) is 72.2 cm³/mol. The van der Waals surface area contributed by atoms with Gasteiger partial charge in [-0.2, -0.15) is 0 Å². The quantitative estimate of drug-likeness (QED) is 0.865. The van der Waals surface area contributed by atoms with Gasteiger partial charge in [-0.15, -0.1) is 0 Å². The molecule has 1 N–H and O–H groups in total. The van der Waals surface area contributed by atoms with Gasteiger partial charge < -0.3 is 10.2 Å². The van der Waals surface area contributed by atoms with E-state index >= 15 is 0 Å². The Morgan fingerprint density at radius 1 is 1.41 bits per heavy atom. The molecule has 94 valence electrons. The number of nitrogens with one attached hydrogen (secondary N) is 1. The molecular weight excluding hydrogens is 210 g/mol. The van der Waals surface area contributed by atoms with E-state index in [1.807, 2.05) is 6.20 Å². The van der Waals surface area contributed by atoms with Gasteiger partial charge in [0.15, 0.2) is 0 Å². The molecular formula is C14H23N3. The van der Waals surface area contributed by atoms with Gasteiger partial charge >= 0.3 is 0 Å². The van der Waals surface area contributed by atoms with E-state index in [-0.39, 0.29) is 0 Å². The highest BCUT2D eigenvalue weighted by molar-refractivity contribution is 5.41. The first-order valence-corrected chi connectivity index (χ1v) is 6.63. The largest absolute Gasteiger partial charge is 0.354 e. The maximum atomic E-state index is 4.58. The lowest BCUT2D eigenvalue weighted by atomic mass is 10.1. The molecule has 3 heteroatoms. The van der Waals surface area contributed by atoms with Crippen molar-refractivity contribution in [1.29, 1.82) is 0 Å². The van der Waals surface area contributed by atoms with Gasteiger partial charge in [0.05, 0.1) is 0 Å². The summed E-state index contributed by atoms with van der Waals surface area (Å²) in [4.78, 5) is 7.00. The zero-order chi connectivity index (χ0) is 12.3. The minimum Gasteiger partial charge on any atom is -0.354 e. The number of rotatable bonds is 4. The lowest BCUT2D eigenvalue weighted by molar-refractivity contribution is 0.625. The third-order valence-corrected chi connectivity index (χ3v) is 3.47. The Bertz CT molecular complexity index is 347. The van der Waals surface area contributed by atoms with Gasteiger partial charge in [0.2, 0.25) is 0 Å². The Balaban J connectivity index is 2.02. The van der Waals surface area contributed by atoms with E-state index in [4.69, 9.17) is 0 Å². The molecule has 2 atom stereocenters. The van der Waals surface area contributed by atoms with E-state index in [0.717, 1.165) is 31.4 Å². The van der Waals surface area contributed by atoms with Crippen molar-refractivity contribution < 1.29 is 0 Å². The van der Waals surface area contributed by atoms with Crippen LogP contribution in [0.4, 0.5) is 5.82 Å². The molecule has 0 aliphatic carbocycles. The minimum absolute atomic E-state index is 0.622. The minimum atomic E-state index is 0.622. The average Bonchev–Trinajstić information content (AvgIpc) is 2.66. The van der Waals surface area contributed by atoms with E-state index in [0.29, 0.717) is 6.04 Å². The molecule has 1 fully saturated rings. The third-order valence-electron chi connectivity index (χ3n) is 3.47. The Hall–Kier alpha value is -1.09. The van der Waals surface area contributed by atoms with Crippen molar-refractivity contribution in [3.8, 4) is 0 Å². The summed E-state index contributed by atoms with van der Waals surface area (Å²) in [5.74, 6) is 1.91. The lowest BCUT2D eigenvalue weighted by Gasteiger charge is -2.22. The van der Waals surface area contributed by atoms with E-state index in [9.17, 15) is 0 Å². The molecule has 0 bridgehead atoms. The normalized spacial score (nSPS) is 24.3. The Kier molecular flexibility index (Phi) is 4.00. The molecule has 1 aromatic rings. The first-order valence-electron chi connectivity index (χ1n) is 6.63. The van der Waals surface area contributed by atoms with Gasteiger partial charge in [0.25, 0.3) is 0 Å². The Morgan fingerprint density at radius 3 is 2.76 bits per heavy atom. The van der Waals surface area contributed by atoms with E-state index in [1.54, 1.807) is 0 Å². The van der Waals surface area contributed by atoms with Crippen LogP contribution in [0.25, 0.3) is 0 Å². The average molecular weight is 233 g/mol. The summed E-state index contributed by atoms with van der Waals surface area (Å²) in [5.41, 5.74) is 1.26. The molecule has 1 aliphatic heterocycles. The highest BCUT2D eigenvalue weighted by Crippen LogP contribution is 2.27. The molecule has 0 aromatic carbocycles. The molecule has 0 radical (unpaired) electrons. The van der Waals surface area contributed by atoms with Crippen LogP contribution in [0.3, 0.4) is 0 Å². The fourth-order valence-electron chi connectivity index (χ4n) is 2.58. The molecule has 1 aliphatic rings. The van der Waals surface area contributed by atoms with Crippen molar-refractivity contribution in [2.24, 2.45) is 5.92 Å². The third kappa shape index (κ3) is 2.97. The van der Waals surface area contributed by atoms with Crippen molar-refractivity contribution in [3.05, 3.63) is 23.9 Å². The molecule has 2 heterocycles. The first kappa shape index (κ1) is 12.4. The number of nitrogens with zero attached hydrogens (tertiary/aromatic N) is 2. The summed E-state index contributed by atoms with van der Waals surface area (Å²) in [6.45, 7) is 9.78. The molecule has 1 aromatic heterocycles. The van der Waals surface area contributed by atoms with Crippen molar-refractivity contribution in [1.82, 2.24) is 10.3 Å². The van der Waals surface area contributed by atoms with Crippen LogP contribution < -0.4 is 10.2 Å². The number of anilines is 1. The fourth-order valence-corrected chi connectivity index (χ4v) is 2.58. The van der Waals surface area contributed by atoms with Crippen LogP contribution >= 0.6 is 0 Å².